The number of aliphatic carboxylic acids is 1. The van der Waals surface area contributed by atoms with Crippen LogP contribution in [0.3, 0.4) is 0 Å². The van der Waals surface area contributed by atoms with Crippen molar-refractivity contribution in [3.63, 3.8) is 0 Å². The highest BCUT2D eigenvalue weighted by molar-refractivity contribution is 7.99. The Morgan fingerprint density at radius 1 is 1.44 bits per heavy atom. The third kappa shape index (κ3) is 4.76. The minimum atomic E-state index is -0.988. The van der Waals surface area contributed by atoms with Gasteiger partial charge in [-0.1, -0.05) is 13.3 Å². The van der Waals surface area contributed by atoms with E-state index in [9.17, 15) is 9.59 Å². The molecule has 0 aromatic carbocycles. The summed E-state index contributed by atoms with van der Waals surface area (Å²) in [6.07, 6.45) is 6.75. The van der Waals surface area contributed by atoms with E-state index < -0.39 is 12.0 Å². The number of carboxylic acids is 1. The third-order valence-electron chi connectivity index (χ3n) is 3.31. The highest BCUT2D eigenvalue weighted by atomic mass is 32.2. The standard InChI is InChI=1S/C12H22N2O3S/c1-3-10(11(15)16)14-12(17)13-8-5-4-6-9(7-8)18-2/h8-10H,3-7H2,1-2H3,(H,15,16)(H2,13,14,17). The minimum Gasteiger partial charge on any atom is -0.480 e. The first kappa shape index (κ1) is 15.1. The number of carbonyl (C=O) groups excluding carboxylic acids is 1. The van der Waals surface area contributed by atoms with E-state index in [1.54, 1.807) is 6.92 Å². The van der Waals surface area contributed by atoms with Gasteiger partial charge in [-0.05, 0) is 31.9 Å². The van der Waals surface area contributed by atoms with Gasteiger partial charge in [0, 0.05) is 11.3 Å². The van der Waals surface area contributed by atoms with Crippen LogP contribution in [0.1, 0.15) is 39.0 Å². The average Bonchev–Trinajstić information content (AvgIpc) is 2.35. The van der Waals surface area contributed by atoms with Crippen molar-refractivity contribution in [2.24, 2.45) is 0 Å². The van der Waals surface area contributed by atoms with Gasteiger partial charge in [-0.15, -0.1) is 0 Å². The Hall–Kier alpha value is -0.910. The zero-order valence-electron chi connectivity index (χ0n) is 10.9. The summed E-state index contributed by atoms with van der Waals surface area (Å²) in [5.74, 6) is -0.988. The molecule has 0 aromatic heterocycles. The zero-order chi connectivity index (χ0) is 13.5. The van der Waals surface area contributed by atoms with E-state index in [1.807, 2.05) is 11.8 Å². The molecule has 1 rings (SSSR count). The molecule has 3 atom stereocenters. The van der Waals surface area contributed by atoms with Gasteiger partial charge < -0.3 is 15.7 Å². The molecular formula is C12H22N2O3S. The molecule has 0 spiro atoms. The summed E-state index contributed by atoms with van der Waals surface area (Å²) in [5, 5.41) is 14.8. The van der Waals surface area contributed by atoms with E-state index in [-0.39, 0.29) is 12.1 Å². The molecule has 3 unspecified atom stereocenters. The van der Waals surface area contributed by atoms with Gasteiger partial charge in [-0.3, -0.25) is 0 Å². The van der Waals surface area contributed by atoms with Gasteiger partial charge in [0.15, 0.2) is 0 Å². The van der Waals surface area contributed by atoms with Crippen LogP contribution < -0.4 is 10.6 Å². The Morgan fingerprint density at radius 3 is 2.72 bits per heavy atom. The van der Waals surface area contributed by atoms with Gasteiger partial charge >= 0.3 is 12.0 Å². The zero-order valence-corrected chi connectivity index (χ0v) is 11.8. The maximum absolute atomic E-state index is 11.7. The van der Waals surface area contributed by atoms with Crippen LogP contribution in [-0.2, 0) is 4.79 Å². The second kappa shape index (κ2) is 7.51. The normalized spacial score (nSPS) is 25.2. The van der Waals surface area contributed by atoms with Crippen molar-refractivity contribution in [2.75, 3.05) is 6.26 Å². The minimum absolute atomic E-state index is 0.169. The number of thioether (sulfide) groups is 1. The van der Waals surface area contributed by atoms with Gasteiger partial charge in [0.25, 0.3) is 0 Å². The monoisotopic (exact) mass is 274 g/mol. The van der Waals surface area contributed by atoms with Gasteiger partial charge in [-0.25, -0.2) is 9.59 Å². The summed E-state index contributed by atoms with van der Waals surface area (Å²) >= 11 is 1.83. The summed E-state index contributed by atoms with van der Waals surface area (Å²) in [7, 11) is 0. The quantitative estimate of drug-likeness (QED) is 0.714. The number of urea groups is 1. The molecule has 18 heavy (non-hydrogen) atoms. The molecule has 0 saturated heterocycles. The van der Waals surface area contributed by atoms with Gasteiger partial charge in [0.05, 0.1) is 0 Å². The number of amides is 2. The van der Waals surface area contributed by atoms with Crippen LogP contribution in [0.4, 0.5) is 4.79 Å². The smallest absolute Gasteiger partial charge is 0.326 e. The fourth-order valence-electron chi connectivity index (χ4n) is 2.21. The Balaban J connectivity index is 2.37. The lowest BCUT2D eigenvalue weighted by atomic mass is 9.95. The third-order valence-corrected chi connectivity index (χ3v) is 4.40. The first-order valence-electron chi connectivity index (χ1n) is 6.39. The van der Waals surface area contributed by atoms with Gasteiger partial charge in [0.1, 0.15) is 6.04 Å². The number of hydrogen-bond acceptors (Lipinski definition) is 3. The van der Waals surface area contributed by atoms with Gasteiger partial charge in [-0.2, -0.15) is 11.8 Å². The lowest BCUT2D eigenvalue weighted by Gasteiger charge is -2.29. The van der Waals surface area contributed by atoms with Crippen molar-refractivity contribution < 1.29 is 14.7 Å². The molecule has 3 N–H and O–H groups in total. The molecule has 0 heterocycles. The van der Waals surface area contributed by atoms with Crippen LogP contribution >= 0.6 is 11.8 Å². The topological polar surface area (TPSA) is 78.4 Å². The number of nitrogens with one attached hydrogen (secondary N) is 2. The molecule has 2 amide bonds. The Labute approximate surface area is 112 Å². The fourth-order valence-corrected chi connectivity index (χ4v) is 3.04. The van der Waals surface area contributed by atoms with E-state index in [0.717, 1.165) is 19.3 Å². The van der Waals surface area contributed by atoms with Crippen molar-refractivity contribution in [3.8, 4) is 0 Å². The summed E-state index contributed by atoms with van der Waals surface area (Å²) < 4.78 is 0. The number of hydrogen-bond donors (Lipinski definition) is 3. The van der Waals surface area contributed by atoms with Crippen LogP contribution in [0.25, 0.3) is 0 Å². The molecule has 0 aliphatic heterocycles. The van der Waals surface area contributed by atoms with E-state index in [4.69, 9.17) is 5.11 Å². The highest BCUT2D eigenvalue weighted by Gasteiger charge is 2.24. The van der Waals surface area contributed by atoms with Crippen molar-refractivity contribution in [1.82, 2.24) is 10.6 Å². The predicted molar refractivity (Wildman–Crippen MR) is 72.9 cm³/mol. The SMILES string of the molecule is CCC(NC(=O)NC1CCCC(SC)C1)C(=O)O. The summed E-state index contributed by atoms with van der Waals surface area (Å²) in [5.41, 5.74) is 0. The van der Waals surface area contributed by atoms with E-state index in [2.05, 4.69) is 16.9 Å². The summed E-state index contributed by atoms with van der Waals surface area (Å²) in [6, 6.07) is -0.997. The summed E-state index contributed by atoms with van der Waals surface area (Å²) in [6.45, 7) is 1.74. The lowest BCUT2D eigenvalue weighted by Crippen LogP contribution is -2.49. The second-order valence-electron chi connectivity index (χ2n) is 4.64. The molecule has 5 nitrogen and oxygen atoms in total. The second-order valence-corrected chi connectivity index (χ2v) is 5.78. The van der Waals surface area contributed by atoms with Crippen LogP contribution in [0.5, 0.6) is 0 Å². The molecule has 1 fully saturated rings. The fraction of sp³-hybridized carbons (Fsp3) is 0.833. The van der Waals surface area contributed by atoms with Crippen LogP contribution in [-0.4, -0.2) is 40.7 Å². The van der Waals surface area contributed by atoms with Gasteiger partial charge in [0.2, 0.25) is 0 Å². The molecule has 0 bridgehead atoms. The molecule has 1 saturated carbocycles. The predicted octanol–water partition coefficient (Wildman–Crippen LogP) is 1.82. The van der Waals surface area contributed by atoms with E-state index >= 15 is 0 Å². The van der Waals surface area contributed by atoms with Crippen molar-refractivity contribution in [2.45, 2.75) is 56.4 Å². The maximum atomic E-state index is 11.7. The van der Waals surface area contributed by atoms with E-state index in [1.165, 1.54) is 6.42 Å². The number of rotatable bonds is 5. The Bertz CT molecular complexity index is 299. The van der Waals surface area contributed by atoms with E-state index in [0.29, 0.717) is 11.7 Å². The first-order valence-corrected chi connectivity index (χ1v) is 7.68. The average molecular weight is 274 g/mol. The summed E-state index contributed by atoms with van der Waals surface area (Å²) in [4.78, 5) is 22.5. The maximum Gasteiger partial charge on any atom is 0.326 e. The van der Waals surface area contributed by atoms with Crippen LogP contribution in [0, 0.1) is 0 Å². The molecule has 1 aliphatic rings. The van der Waals surface area contributed by atoms with Crippen LogP contribution in [0.15, 0.2) is 0 Å². The molecule has 0 radical (unpaired) electrons. The number of carbonyl (C=O) groups is 2. The van der Waals surface area contributed by atoms with Crippen molar-refractivity contribution in [3.05, 3.63) is 0 Å². The lowest BCUT2D eigenvalue weighted by molar-refractivity contribution is -0.139. The first-order chi connectivity index (χ1) is 8.56. The molecular weight excluding hydrogens is 252 g/mol. The van der Waals surface area contributed by atoms with Crippen LogP contribution in [0.2, 0.25) is 0 Å². The number of carboxylic acid groups (broad SMARTS) is 1. The highest BCUT2D eigenvalue weighted by Crippen LogP contribution is 2.26. The Kier molecular flexibility index (Phi) is 6.32. The molecule has 0 aromatic rings. The van der Waals surface area contributed by atoms with Crippen molar-refractivity contribution >= 4 is 23.8 Å². The molecule has 104 valence electrons. The van der Waals surface area contributed by atoms with Crippen molar-refractivity contribution in [1.29, 1.82) is 0 Å². The molecule has 6 heteroatoms. The largest absolute Gasteiger partial charge is 0.480 e. The molecule has 1 aliphatic carbocycles. The Morgan fingerprint density at radius 2 is 2.17 bits per heavy atom.